The normalized spacial score (nSPS) is 28.1. The quantitative estimate of drug-likeness (QED) is 0.516. The number of hydrogen-bond donors (Lipinski definition) is 2. The molecule has 0 spiro atoms. The Morgan fingerprint density at radius 2 is 2.36 bits per heavy atom. The van der Waals surface area contributed by atoms with Crippen LogP contribution in [0.25, 0.3) is 0 Å². The van der Waals surface area contributed by atoms with E-state index in [9.17, 15) is 0 Å². The van der Waals surface area contributed by atoms with Crippen LogP contribution in [-0.2, 0) is 9.47 Å². The molecule has 2 N–H and O–H groups in total. The van der Waals surface area contributed by atoms with Gasteiger partial charge in [-0.3, -0.25) is 0 Å². The average molecular weight is 162 g/mol. The molecule has 0 aromatic heterocycles. The zero-order chi connectivity index (χ0) is 8.27. The fourth-order valence-corrected chi connectivity index (χ4v) is 0.749. The van der Waals surface area contributed by atoms with Crippen LogP contribution >= 0.6 is 0 Å². The summed E-state index contributed by atoms with van der Waals surface area (Å²) in [5, 5.41) is 17.3. The van der Waals surface area contributed by atoms with Gasteiger partial charge in [-0.1, -0.05) is 0 Å². The molecule has 0 aliphatic carbocycles. The number of hydrogen-bond acceptors (Lipinski definition) is 4. The van der Waals surface area contributed by atoms with E-state index in [1.165, 1.54) is 0 Å². The van der Waals surface area contributed by atoms with Crippen molar-refractivity contribution in [3.63, 3.8) is 0 Å². The summed E-state index contributed by atoms with van der Waals surface area (Å²) in [5.41, 5.74) is 0. The highest BCUT2D eigenvalue weighted by atomic mass is 16.6. The number of aliphatic hydroxyl groups is 2. The molecular weight excluding hydrogens is 148 g/mol. The topological polar surface area (TPSA) is 62.2 Å². The lowest BCUT2D eigenvalue weighted by molar-refractivity contribution is -0.0303. The number of epoxide rings is 1. The van der Waals surface area contributed by atoms with Gasteiger partial charge in [0.1, 0.15) is 12.2 Å². The van der Waals surface area contributed by atoms with Gasteiger partial charge in [0.2, 0.25) is 0 Å². The first-order valence-electron chi connectivity index (χ1n) is 3.76. The van der Waals surface area contributed by atoms with E-state index in [0.29, 0.717) is 0 Å². The minimum atomic E-state index is -0.767. The Morgan fingerprint density at radius 3 is 2.82 bits per heavy atom. The third kappa shape index (κ3) is 3.16. The van der Waals surface area contributed by atoms with E-state index in [-0.39, 0.29) is 25.4 Å². The van der Waals surface area contributed by atoms with Gasteiger partial charge in [-0.25, -0.2) is 0 Å². The van der Waals surface area contributed by atoms with Crippen molar-refractivity contribution >= 4 is 0 Å². The van der Waals surface area contributed by atoms with Gasteiger partial charge in [0.05, 0.1) is 25.9 Å². The van der Waals surface area contributed by atoms with Gasteiger partial charge in [0.15, 0.2) is 0 Å². The molecular formula is C7H14O4. The molecule has 1 aliphatic rings. The monoisotopic (exact) mass is 162 g/mol. The van der Waals surface area contributed by atoms with Gasteiger partial charge in [-0.05, 0) is 6.92 Å². The van der Waals surface area contributed by atoms with Crippen molar-refractivity contribution in [2.24, 2.45) is 0 Å². The molecule has 0 aromatic carbocycles. The van der Waals surface area contributed by atoms with E-state index >= 15 is 0 Å². The maximum absolute atomic E-state index is 8.89. The van der Waals surface area contributed by atoms with Crippen LogP contribution in [0.2, 0.25) is 0 Å². The summed E-state index contributed by atoms with van der Waals surface area (Å²) in [5.74, 6) is 0. The van der Waals surface area contributed by atoms with Gasteiger partial charge < -0.3 is 19.7 Å². The molecule has 11 heavy (non-hydrogen) atoms. The summed E-state index contributed by atoms with van der Waals surface area (Å²) in [7, 11) is 0. The Morgan fingerprint density at radius 1 is 1.73 bits per heavy atom. The largest absolute Gasteiger partial charge is 0.394 e. The van der Waals surface area contributed by atoms with Crippen molar-refractivity contribution in [2.45, 2.75) is 25.2 Å². The van der Waals surface area contributed by atoms with Crippen molar-refractivity contribution in [3.05, 3.63) is 0 Å². The molecule has 4 heteroatoms. The molecule has 0 aromatic rings. The summed E-state index contributed by atoms with van der Waals surface area (Å²) in [6.07, 6.45) is -0.548. The molecule has 0 radical (unpaired) electrons. The standard InChI is InChI=1S/C7H14O4/c1-5(7-4-11-7)10-3-6(9)2-8/h5-9H,2-4H2,1H3. The molecule has 3 atom stereocenters. The summed E-state index contributed by atoms with van der Waals surface area (Å²) in [6, 6.07) is 0. The van der Waals surface area contributed by atoms with E-state index in [2.05, 4.69) is 0 Å². The van der Waals surface area contributed by atoms with Crippen molar-refractivity contribution in [2.75, 3.05) is 19.8 Å². The van der Waals surface area contributed by atoms with Crippen LogP contribution in [0.4, 0.5) is 0 Å². The van der Waals surface area contributed by atoms with Crippen LogP contribution in [0.3, 0.4) is 0 Å². The Kier molecular flexibility index (Phi) is 3.26. The van der Waals surface area contributed by atoms with Crippen LogP contribution in [0.5, 0.6) is 0 Å². The van der Waals surface area contributed by atoms with Crippen molar-refractivity contribution in [1.29, 1.82) is 0 Å². The van der Waals surface area contributed by atoms with Crippen LogP contribution in [0.15, 0.2) is 0 Å². The van der Waals surface area contributed by atoms with Gasteiger partial charge in [0.25, 0.3) is 0 Å². The highest BCUT2D eigenvalue weighted by Gasteiger charge is 2.30. The maximum Gasteiger partial charge on any atom is 0.107 e. The lowest BCUT2D eigenvalue weighted by atomic mass is 10.3. The third-order valence-electron chi connectivity index (χ3n) is 1.64. The number of ether oxygens (including phenoxy) is 2. The van der Waals surface area contributed by atoms with Crippen LogP contribution < -0.4 is 0 Å². The van der Waals surface area contributed by atoms with Gasteiger partial charge >= 0.3 is 0 Å². The summed E-state index contributed by atoms with van der Waals surface area (Å²) >= 11 is 0. The lowest BCUT2D eigenvalue weighted by Gasteiger charge is -2.12. The zero-order valence-electron chi connectivity index (χ0n) is 6.56. The van der Waals surface area contributed by atoms with Crippen molar-refractivity contribution in [3.8, 4) is 0 Å². The van der Waals surface area contributed by atoms with E-state index in [4.69, 9.17) is 19.7 Å². The smallest absolute Gasteiger partial charge is 0.107 e. The second-order valence-corrected chi connectivity index (χ2v) is 2.75. The zero-order valence-corrected chi connectivity index (χ0v) is 6.56. The minimum Gasteiger partial charge on any atom is -0.394 e. The molecule has 0 bridgehead atoms. The van der Waals surface area contributed by atoms with E-state index in [0.717, 1.165) is 6.61 Å². The molecule has 3 unspecified atom stereocenters. The minimum absolute atomic E-state index is 0.0243. The van der Waals surface area contributed by atoms with Crippen molar-refractivity contribution in [1.82, 2.24) is 0 Å². The lowest BCUT2D eigenvalue weighted by Crippen LogP contribution is -2.25. The molecule has 1 aliphatic heterocycles. The van der Waals surface area contributed by atoms with E-state index in [1.807, 2.05) is 6.92 Å². The first kappa shape index (κ1) is 8.93. The predicted octanol–water partition coefficient (Wildman–Crippen LogP) is -0.857. The third-order valence-corrected chi connectivity index (χ3v) is 1.64. The Balaban J connectivity index is 2.00. The van der Waals surface area contributed by atoms with E-state index < -0.39 is 6.10 Å². The van der Waals surface area contributed by atoms with Crippen molar-refractivity contribution < 1.29 is 19.7 Å². The molecule has 1 fully saturated rings. The fraction of sp³-hybridized carbons (Fsp3) is 1.00. The molecule has 66 valence electrons. The molecule has 1 rings (SSSR count). The highest BCUT2D eigenvalue weighted by molar-refractivity contribution is 4.76. The summed E-state index contributed by atoms with van der Waals surface area (Å²) < 4.78 is 10.2. The molecule has 0 saturated carbocycles. The van der Waals surface area contributed by atoms with Gasteiger partial charge in [-0.2, -0.15) is 0 Å². The number of aliphatic hydroxyl groups excluding tert-OH is 2. The maximum atomic E-state index is 8.89. The van der Waals surface area contributed by atoms with Crippen LogP contribution in [-0.4, -0.2) is 48.3 Å². The highest BCUT2D eigenvalue weighted by Crippen LogP contribution is 2.16. The fourth-order valence-electron chi connectivity index (χ4n) is 0.749. The molecule has 0 amide bonds. The Bertz CT molecular complexity index is 113. The molecule has 1 saturated heterocycles. The predicted molar refractivity (Wildman–Crippen MR) is 38.2 cm³/mol. The Labute approximate surface area is 65.7 Å². The van der Waals surface area contributed by atoms with E-state index in [1.54, 1.807) is 0 Å². The van der Waals surface area contributed by atoms with Gasteiger partial charge in [-0.15, -0.1) is 0 Å². The van der Waals surface area contributed by atoms with Crippen LogP contribution in [0.1, 0.15) is 6.92 Å². The first-order valence-corrected chi connectivity index (χ1v) is 3.76. The second-order valence-electron chi connectivity index (χ2n) is 2.75. The molecule has 1 heterocycles. The average Bonchev–Trinajstić information content (AvgIpc) is 2.81. The first-order chi connectivity index (χ1) is 5.24. The summed E-state index contributed by atoms with van der Waals surface area (Å²) in [6.45, 7) is 2.56. The summed E-state index contributed by atoms with van der Waals surface area (Å²) in [4.78, 5) is 0. The number of rotatable bonds is 5. The SMILES string of the molecule is CC(OCC(O)CO)C1CO1. The Hall–Kier alpha value is -0.160. The second kappa shape index (κ2) is 4.01. The van der Waals surface area contributed by atoms with Crippen LogP contribution in [0, 0.1) is 0 Å². The molecule has 4 nitrogen and oxygen atoms in total. The van der Waals surface area contributed by atoms with Gasteiger partial charge in [0, 0.05) is 0 Å².